The fourth-order valence-corrected chi connectivity index (χ4v) is 2.39. The van der Waals surface area contributed by atoms with Crippen LogP contribution in [-0.4, -0.2) is 54.5 Å². The number of hydrogen-bond donors (Lipinski definition) is 0. The third-order valence-corrected chi connectivity index (χ3v) is 3.10. The van der Waals surface area contributed by atoms with Gasteiger partial charge < -0.3 is 14.2 Å². The lowest BCUT2D eigenvalue weighted by molar-refractivity contribution is -0.160. The van der Waals surface area contributed by atoms with E-state index in [1.807, 2.05) is 20.8 Å². The summed E-state index contributed by atoms with van der Waals surface area (Å²) >= 11 is 0. The number of nitrogens with zero attached hydrogens (tertiary/aromatic N) is 1. The molecule has 128 valence electrons. The maximum absolute atomic E-state index is 12.4. The molecule has 1 aliphatic rings. The lowest BCUT2D eigenvalue weighted by atomic mass is 10.1. The zero-order chi connectivity index (χ0) is 17.1. The van der Waals surface area contributed by atoms with E-state index in [1.54, 1.807) is 27.9 Å². The first-order valence-corrected chi connectivity index (χ1v) is 7.64. The number of likely N-dealkylation sites (tertiary alicyclic amines) is 1. The first-order valence-electron chi connectivity index (χ1n) is 7.64. The Morgan fingerprint density at radius 3 is 2.05 bits per heavy atom. The zero-order valence-electron chi connectivity index (χ0n) is 14.8. The van der Waals surface area contributed by atoms with Gasteiger partial charge in [0.1, 0.15) is 17.2 Å². The summed E-state index contributed by atoms with van der Waals surface area (Å²) in [5, 5.41) is 0. The van der Waals surface area contributed by atoms with Gasteiger partial charge in [-0.3, -0.25) is 4.90 Å². The average molecular weight is 315 g/mol. The molecule has 2 atom stereocenters. The number of rotatable bonds is 3. The zero-order valence-corrected chi connectivity index (χ0v) is 14.8. The van der Waals surface area contributed by atoms with Gasteiger partial charge in [0.05, 0.1) is 6.61 Å². The molecule has 0 bridgehead atoms. The predicted molar refractivity (Wildman–Crippen MR) is 82.6 cm³/mol. The van der Waals surface area contributed by atoms with Crippen LogP contribution in [0.5, 0.6) is 0 Å². The fourth-order valence-electron chi connectivity index (χ4n) is 2.39. The van der Waals surface area contributed by atoms with Crippen LogP contribution in [0.3, 0.4) is 0 Å². The molecule has 6 nitrogen and oxygen atoms in total. The van der Waals surface area contributed by atoms with Gasteiger partial charge in [0.15, 0.2) is 0 Å². The molecule has 22 heavy (non-hydrogen) atoms. The molecule has 0 radical (unpaired) electrons. The topological polar surface area (TPSA) is 65.1 Å². The maximum Gasteiger partial charge on any atom is 0.411 e. The van der Waals surface area contributed by atoms with E-state index in [0.717, 1.165) is 0 Å². The van der Waals surface area contributed by atoms with Gasteiger partial charge in [-0.1, -0.05) is 0 Å². The Bertz CT molecular complexity index is 372. The molecule has 1 aliphatic heterocycles. The van der Waals surface area contributed by atoms with Gasteiger partial charge in [-0.25, -0.2) is 9.59 Å². The molecule has 0 aromatic rings. The van der Waals surface area contributed by atoms with E-state index in [-0.39, 0.29) is 5.92 Å². The van der Waals surface area contributed by atoms with Crippen molar-refractivity contribution in [1.29, 1.82) is 0 Å². The van der Waals surface area contributed by atoms with Crippen molar-refractivity contribution in [2.45, 2.75) is 65.2 Å². The third kappa shape index (κ3) is 5.83. The van der Waals surface area contributed by atoms with Gasteiger partial charge in [-0.2, -0.15) is 0 Å². The molecule has 1 amide bonds. The highest BCUT2D eigenvalue weighted by Gasteiger charge is 2.43. The van der Waals surface area contributed by atoms with E-state index in [9.17, 15) is 9.59 Å². The van der Waals surface area contributed by atoms with Crippen LogP contribution in [0.4, 0.5) is 4.79 Å². The lowest BCUT2D eigenvalue weighted by Gasteiger charge is -2.29. The Morgan fingerprint density at radius 2 is 1.59 bits per heavy atom. The predicted octanol–water partition coefficient (Wildman–Crippen LogP) is 2.60. The number of carbonyl (C=O) groups is 2. The van der Waals surface area contributed by atoms with Crippen molar-refractivity contribution < 1.29 is 23.8 Å². The van der Waals surface area contributed by atoms with E-state index in [2.05, 4.69) is 0 Å². The van der Waals surface area contributed by atoms with Crippen molar-refractivity contribution in [3.05, 3.63) is 0 Å². The van der Waals surface area contributed by atoms with Crippen LogP contribution in [0, 0.1) is 5.92 Å². The standard InChI is InChI=1S/C16H29NO5/c1-15(2,3)21-13(18)12-8-11(10-20-7)9-17(12)14(19)22-16(4,5)6/h11-12H,8-10H2,1-7H3/t11-,12-/m0/s1. The molecular weight excluding hydrogens is 286 g/mol. The molecule has 1 saturated heterocycles. The summed E-state index contributed by atoms with van der Waals surface area (Å²) < 4.78 is 16.0. The minimum Gasteiger partial charge on any atom is -0.458 e. The van der Waals surface area contributed by atoms with Crippen LogP contribution in [-0.2, 0) is 19.0 Å². The summed E-state index contributed by atoms with van der Waals surface area (Å²) in [7, 11) is 1.61. The summed E-state index contributed by atoms with van der Waals surface area (Å²) in [5.41, 5.74) is -1.19. The van der Waals surface area contributed by atoms with Crippen molar-refractivity contribution in [1.82, 2.24) is 4.90 Å². The molecule has 0 N–H and O–H groups in total. The summed E-state index contributed by atoms with van der Waals surface area (Å²) in [5.74, 6) is -0.285. The Kier molecular flexibility index (Phi) is 5.84. The van der Waals surface area contributed by atoms with Gasteiger partial charge in [-0.15, -0.1) is 0 Å². The number of carbonyl (C=O) groups excluding carboxylic acids is 2. The quantitative estimate of drug-likeness (QED) is 0.749. The summed E-state index contributed by atoms with van der Waals surface area (Å²) in [4.78, 5) is 26.2. The van der Waals surface area contributed by atoms with E-state index < -0.39 is 29.3 Å². The van der Waals surface area contributed by atoms with E-state index in [1.165, 1.54) is 4.90 Å². The fraction of sp³-hybridized carbons (Fsp3) is 0.875. The van der Waals surface area contributed by atoms with E-state index in [0.29, 0.717) is 19.6 Å². The summed E-state index contributed by atoms with van der Waals surface area (Å²) in [6.07, 6.45) is 0.0455. The summed E-state index contributed by atoms with van der Waals surface area (Å²) in [6.45, 7) is 11.8. The van der Waals surface area contributed by atoms with Crippen molar-refractivity contribution in [2.24, 2.45) is 5.92 Å². The highest BCUT2D eigenvalue weighted by Crippen LogP contribution is 2.27. The molecule has 1 heterocycles. The largest absolute Gasteiger partial charge is 0.458 e. The number of ether oxygens (including phenoxy) is 3. The van der Waals surface area contributed by atoms with Gasteiger partial charge in [0.2, 0.25) is 0 Å². The Morgan fingerprint density at radius 1 is 1.05 bits per heavy atom. The van der Waals surface area contributed by atoms with Crippen LogP contribution in [0.15, 0.2) is 0 Å². The number of esters is 1. The second-order valence-electron chi connectivity index (χ2n) is 7.74. The molecule has 0 saturated carbocycles. The monoisotopic (exact) mass is 315 g/mol. The minimum absolute atomic E-state index is 0.107. The number of methoxy groups -OCH3 is 1. The first-order chi connectivity index (χ1) is 9.93. The molecule has 6 heteroatoms. The van der Waals surface area contributed by atoms with Crippen LogP contribution in [0.2, 0.25) is 0 Å². The normalized spacial score (nSPS) is 22.6. The van der Waals surface area contributed by atoms with Gasteiger partial charge >= 0.3 is 12.1 Å². The molecule has 1 rings (SSSR count). The summed E-state index contributed by atoms with van der Waals surface area (Å²) in [6, 6.07) is -0.616. The van der Waals surface area contributed by atoms with Crippen LogP contribution >= 0.6 is 0 Å². The highest BCUT2D eigenvalue weighted by molar-refractivity contribution is 5.82. The second-order valence-corrected chi connectivity index (χ2v) is 7.74. The van der Waals surface area contributed by atoms with Gasteiger partial charge in [0.25, 0.3) is 0 Å². The van der Waals surface area contributed by atoms with Crippen molar-refractivity contribution in [3.63, 3.8) is 0 Å². The Balaban J connectivity index is 2.85. The molecule has 0 aromatic heterocycles. The number of amides is 1. The van der Waals surface area contributed by atoms with Gasteiger partial charge in [-0.05, 0) is 48.0 Å². The maximum atomic E-state index is 12.4. The SMILES string of the molecule is COC[C@H]1C[C@@H](C(=O)OC(C)(C)C)N(C(=O)OC(C)(C)C)C1. The minimum atomic E-state index is -0.616. The number of hydrogen-bond acceptors (Lipinski definition) is 5. The lowest BCUT2D eigenvalue weighted by Crippen LogP contribution is -2.45. The van der Waals surface area contributed by atoms with E-state index >= 15 is 0 Å². The van der Waals surface area contributed by atoms with Gasteiger partial charge in [0, 0.05) is 19.6 Å². The smallest absolute Gasteiger partial charge is 0.411 e. The highest BCUT2D eigenvalue weighted by atomic mass is 16.6. The first kappa shape index (κ1) is 18.7. The van der Waals surface area contributed by atoms with Crippen molar-refractivity contribution >= 4 is 12.1 Å². The molecule has 0 aliphatic carbocycles. The molecule has 0 unspecified atom stereocenters. The van der Waals surface area contributed by atoms with Crippen molar-refractivity contribution in [2.75, 3.05) is 20.3 Å². The average Bonchev–Trinajstić information content (AvgIpc) is 2.69. The molecule has 1 fully saturated rings. The Hall–Kier alpha value is -1.30. The molecule has 0 spiro atoms. The van der Waals surface area contributed by atoms with Crippen molar-refractivity contribution in [3.8, 4) is 0 Å². The van der Waals surface area contributed by atoms with Crippen LogP contribution in [0.1, 0.15) is 48.0 Å². The van der Waals surface area contributed by atoms with E-state index in [4.69, 9.17) is 14.2 Å². The molecule has 0 aromatic carbocycles. The Labute approximate surface area is 133 Å². The third-order valence-electron chi connectivity index (χ3n) is 3.10. The van der Waals surface area contributed by atoms with Crippen LogP contribution < -0.4 is 0 Å². The molecular formula is C16H29NO5. The second kappa shape index (κ2) is 6.86. The van der Waals surface area contributed by atoms with Crippen LogP contribution in [0.25, 0.3) is 0 Å².